The maximum atomic E-state index is 12.5. The molecule has 1 fully saturated rings. The number of halogens is 1. The Bertz CT molecular complexity index is 647. The summed E-state index contributed by atoms with van der Waals surface area (Å²) in [6.45, 7) is 6.07. The molecule has 8 heteroatoms. The van der Waals surface area contributed by atoms with E-state index >= 15 is 0 Å². The fourth-order valence-corrected chi connectivity index (χ4v) is 4.51. The van der Waals surface area contributed by atoms with Crippen LogP contribution in [0.1, 0.15) is 38.7 Å². The van der Waals surface area contributed by atoms with E-state index in [4.69, 9.17) is 11.6 Å². The van der Waals surface area contributed by atoms with Gasteiger partial charge in [-0.15, -0.1) is 0 Å². The predicted octanol–water partition coefficient (Wildman–Crippen LogP) is 3.01. The summed E-state index contributed by atoms with van der Waals surface area (Å²) in [7, 11) is -4.47. The molecule has 6 nitrogen and oxygen atoms in total. The third kappa shape index (κ3) is 6.67. The summed E-state index contributed by atoms with van der Waals surface area (Å²) in [5, 5.41) is 3.56. The van der Waals surface area contributed by atoms with Gasteiger partial charge in [-0.2, -0.15) is 0 Å². The molecule has 1 aliphatic rings. The number of likely N-dealkylation sites (tertiary alicyclic amines) is 1. The lowest BCUT2D eigenvalue weighted by Crippen LogP contribution is -2.50. The third-order valence-electron chi connectivity index (χ3n) is 4.57. The van der Waals surface area contributed by atoms with Crippen molar-refractivity contribution in [2.75, 3.05) is 13.1 Å². The third-order valence-corrected chi connectivity index (χ3v) is 6.08. The fourth-order valence-electron chi connectivity index (χ4n) is 3.31. The molecule has 1 aromatic rings. The molecule has 2 atom stereocenters. The van der Waals surface area contributed by atoms with Crippen molar-refractivity contribution in [1.29, 1.82) is 0 Å². The smallest absolute Gasteiger partial charge is 0.337 e. The van der Waals surface area contributed by atoms with Crippen molar-refractivity contribution in [3.8, 4) is 0 Å². The van der Waals surface area contributed by atoms with Crippen molar-refractivity contribution < 1.29 is 19.1 Å². The van der Waals surface area contributed by atoms with Gasteiger partial charge in [0.15, 0.2) is 0 Å². The van der Waals surface area contributed by atoms with Crippen molar-refractivity contribution in [2.45, 2.75) is 51.4 Å². The second-order valence-electron chi connectivity index (χ2n) is 7.44. The largest absolute Gasteiger partial charge is 0.351 e. The SMILES string of the molecule is CC(C)CC(C(=O)N[C@H]1CCCN(Cc2ccc(Cl)cc2)C1)P(=O)(O)O. The van der Waals surface area contributed by atoms with E-state index in [9.17, 15) is 19.1 Å². The van der Waals surface area contributed by atoms with Crippen LogP contribution in [0.3, 0.4) is 0 Å². The molecule has 0 aliphatic carbocycles. The number of amides is 1. The number of nitrogens with zero attached hydrogens (tertiary/aromatic N) is 1. The van der Waals surface area contributed by atoms with Crippen molar-refractivity contribution in [3.63, 3.8) is 0 Å². The van der Waals surface area contributed by atoms with E-state index in [1.54, 1.807) is 0 Å². The molecule has 2 rings (SSSR count). The number of rotatable bonds is 7. The minimum absolute atomic E-state index is 0.0335. The molecule has 0 aromatic heterocycles. The van der Waals surface area contributed by atoms with Crippen molar-refractivity contribution >= 4 is 25.1 Å². The molecule has 1 unspecified atom stereocenters. The Morgan fingerprint density at radius 3 is 2.58 bits per heavy atom. The van der Waals surface area contributed by atoms with Crippen LogP contribution in [0.25, 0.3) is 0 Å². The van der Waals surface area contributed by atoms with Crippen LogP contribution in [0.4, 0.5) is 0 Å². The molecule has 1 amide bonds. The monoisotopic (exact) mass is 402 g/mol. The molecule has 1 aliphatic heterocycles. The molecular weight excluding hydrogens is 375 g/mol. The quantitative estimate of drug-likeness (QED) is 0.610. The maximum absolute atomic E-state index is 12.5. The average Bonchev–Trinajstić information content (AvgIpc) is 2.54. The molecule has 1 aromatic carbocycles. The molecule has 26 heavy (non-hydrogen) atoms. The fraction of sp³-hybridized carbons (Fsp3) is 0.611. The second kappa shape index (κ2) is 9.34. The van der Waals surface area contributed by atoms with Crippen LogP contribution in [0, 0.1) is 5.92 Å². The maximum Gasteiger partial charge on any atom is 0.337 e. The first-order valence-electron chi connectivity index (χ1n) is 8.97. The van der Waals surface area contributed by atoms with Crippen LogP contribution in [-0.2, 0) is 15.9 Å². The predicted molar refractivity (Wildman–Crippen MR) is 103 cm³/mol. The van der Waals surface area contributed by atoms with E-state index in [0.717, 1.165) is 31.5 Å². The van der Waals surface area contributed by atoms with Gasteiger partial charge in [-0.05, 0) is 49.4 Å². The van der Waals surface area contributed by atoms with E-state index in [1.807, 2.05) is 38.1 Å². The first-order valence-corrected chi connectivity index (χ1v) is 11.0. The lowest BCUT2D eigenvalue weighted by Gasteiger charge is -2.34. The Kier molecular flexibility index (Phi) is 7.68. The van der Waals surface area contributed by atoms with Crippen LogP contribution < -0.4 is 5.32 Å². The molecule has 0 saturated carbocycles. The zero-order chi connectivity index (χ0) is 19.3. The van der Waals surface area contributed by atoms with Gasteiger partial charge >= 0.3 is 7.60 Å². The topological polar surface area (TPSA) is 89.9 Å². The summed E-state index contributed by atoms with van der Waals surface area (Å²) in [6, 6.07) is 7.59. The Labute approximate surface area is 160 Å². The molecule has 0 spiro atoms. The van der Waals surface area contributed by atoms with Gasteiger partial charge in [0.1, 0.15) is 5.66 Å². The number of nitrogens with one attached hydrogen (secondary N) is 1. The summed E-state index contributed by atoms with van der Waals surface area (Å²) >= 11 is 5.91. The van der Waals surface area contributed by atoms with Gasteiger partial charge in [0.2, 0.25) is 5.91 Å². The van der Waals surface area contributed by atoms with Gasteiger partial charge in [0.25, 0.3) is 0 Å². The highest BCUT2D eigenvalue weighted by Gasteiger charge is 2.37. The molecule has 3 N–H and O–H groups in total. The lowest BCUT2D eigenvalue weighted by atomic mass is 10.0. The van der Waals surface area contributed by atoms with Crippen molar-refractivity contribution in [2.24, 2.45) is 5.92 Å². The number of benzene rings is 1. The normalized spacial score (nSPS) is 20.2. The first kappa shape index (κ1) is 21.4. The highest BCUT2D eigenvalue weighted by Crippen LogP contribution is 2.44. The second-order valence-corrected chi connectivity index (χ2v) is 9.68. The van der Waals surface area contributed by atoms with Gasteiger partial charge < -0.3 is 15.1 Å². The zero-order valence-electron chi connectivity index (χ0n) is 15.3. The number of hydrogen-bond donors (Lipinski definition) is 3. The Hall–Kier alpha value is -0.910. The molecule has 1 heterocycles. The first-order chi connectivity index (χ1) is 12.1. The summed E-state index contributed by atoms with van der Waals surface area (Å²) in [6.07, 6.45) is 1.93. The summed E-state index contributed by atoms with van der Waals surface area (Å²) in [5.41, 5.74) is -0.122. The van der Waals surface area contributed by atoms with E-state index in [0.29, 0.717) is 11.6 Å². The van der Waals surface area contributed by atoms with Crippen LogP contribution in [0.15, 0.2) is 24.3 Å². The summed E-state index contributed by atoms with van der Waals surface area (Å²) in [5.74, 6) is -0.503. The highest BCUT2D eigenvalue weighted by atomic mass is 35.5. The molecule has 0 bridgehead atoms. The molecule has 0 radical (unpaired) electrons. The molecular formula is C18H28ClN2O4P. The number of carbonyl (C=O) groups excluding carboxylic acids is 1. The van der Waals surface area contributed by atoms with Crippen LogP contribution in [-0.4, -0.2) is 45.4 Å². The van der Waals surface area contributed by atoms with Crippen molar-refractivity contribution in [3.05, 3.63) is 34.9 Å². The molecule has 146 valence electrons. The van der Waals surface area contributed by atoms with Crippen LogP contribution >= 0.6 is 19.2 Å². The van der Waals surface area contributed by atoms with E-state index in [2.05, 4.69) is 10.2 Å². The minimum Gasteiger partial charge on any atom is -0.351 e. The zero-order valence-corrected chi connectivity index (χ0v) is 16.9. The Morgan fingerprint density at radius 2 is 2.00 bits per heavy atom. The summed E-state index contributed by atoms with van der Waals surface area (Å²) < 4.78 is 11.7. The van der Waals surface area contributed by atoms with Gasteiger partial charge in [0, 0.05) is 24.2 Å². The molecule has 1 saturated heterocycles. The number of hydrogen-bond acceptors (Lipinski definition) is 3. The Balaban J connectivity index is 1.94. The number of piperidine rings is 1. The van der Waals surface area contributed by atoms with Crippen LogP contribution in [0.5, 0.6) is 0 Å². The number of carbonyl (C=O) groups is 1. The van der Waals surface area contributed by atoms with Crippen molar-refractivity contribution in [1.82, 2.24) is 10.2 Å². The Morgan fingerprint density at radius 1 is 1.35 bits per heavy atom. The lowest BCUT2D eigenvalue weighted by molar-refractivity contribution is -0.122. The van der Waals surface area contributed by atoms with Crippen LogP contribution in [0.2, 0.25) is 5.02 Å². The van der Waals surface area contributed by atoms with Gasteiger partial charge in [-0.1, -0.05) is 37.6 Å². The highest BCUT2D eigenvalue weighted by molar-refractivity contribution is 7.53. The average molecular weight is 403 g/mol. The van der Waals surface area contributed by atoms with Gasteiger partial charge in [-0.3, -0.25) is 14.3 Å². The van der Waals surface area contributed by atoms with Gasteiger partial charge in [0.05, 0.1) is 0 Å². The van der Waals surface area contributed by atoms with Gasteiger partial charge in [-0.25, -0.2) is 0 Å². The van der Waals surface area contributed by atoms with E-state index in [-0.39, 0.29) is 18.4 Å². The summed E-state index contributed by atoms with van der Waals surface area (Å²) in [4.78, 5) is 33.8. The van der Waals surface area contributed by atoms with E-state index in [1.165, 1.54) is 0 Å². The van der Waals surface area contributed by atoms with E-state index < -0.39 is 19.2 Å². The minimum atomic E-state index is -4.47. The standard InChI is InChI=1S/C18H28ClN2O4P/c1-13(2)10-17(26(23,24)25)18(22)20-16-4-3-9-21(12-16)11-14-5-7-15(19)8-6-14/h5-8,13,16-17H,3-4,9-12H2,1-2H3,(H,20,22)(H2,23,24,25)/t16-,17?/m0/s1.